The first kappa shape index (κ1) is 28.6. The number of rotatable bonds is 4. The second-order valence-electron chi connectivity index (χ2n) is 11.6. The minimum atomic E-state index is -4.59. The van der Waals surface area contributed by atoms with Crippen LogP contribution in [0.15, 0.2) is 48.5 Å². The normalized spacial score (nSPS) is 20.4. The Morgan fingerprint density at radius 1 is 0.786 bits per heavy atom. The predicted molar refractivity (Wildman–Crippen MR) is 148 cm³/mol. The molecule has 224 valence electrons. The van der Waals surface area contributed by atoms with Gasteiger partial charge in [0.25, 0.3) is 17.7 Å². The van der Waals surface area contributed by atoms with Crippen molar-refractivity contribution < 1.29 is 31.5 Å². The average molecular weight is 589 g/mol. The van der Waals surface area contributed by atoms with E-state index in [1.807, 2.05) is 4.90 Å². The fraction of sp³-hybridized carbons (Fsp3) is 0.484. The molecule has 0 atom stereocenters. The molecule has 4 heterocycles. The van der Waals surface area contributed by atoms with E-state index in [1.54, 1.807) is 24.3 Å². The first-order valence-electron chi connectivity index (χ1n) is 14.5. The van der Waals surface area contributed by atoms with Crippen molar-refractivity contribution in [3.8, 4) is 5.69 Å². The molecule has 3 aliphatic heterocycles. The van der Waals surface area contributed by atoms with Gasteiger partial charge in [-0.2, -0.15) is 13.2 Å². The van der Waals surface area contributed by atoms with Gasteiger partial charge in [-0.05, 0) is 81.2 Å². The molecule has 0 saturated carbocycles. The van der Waals surface area contributed by atoms with Gasteiger partial charge in [-0.25, -0.2) is 8.78 Å². The number of carbonyl (C=O) groups excluding carboxylic acids is 2. The van der Waals surface area contributed by atoms with Gasteiger partial charge in [-0.1, -0.05) is 6.07 Å². The lowest BCUT2D eigenvalue weighted by molar-refractivity contribution is -0.137. The Morgan fingerprint density at radius 2 is 1.45 bits per heavy atom. The number of halogens is 5. The van der Waals surface area contributed by atoms with Gasteiger partial charge in [-0.3, -0.25) is 9.59 Å². The van der Waals surface area contributed by atoms with Crippen molar-refractivity contribution >= 4 is 22.7 Å². The zero-order valence-corrected chi connectivity index (χ0v) is 23.2. The molecule has 1 aromatic heterocycles. The summed E-state index contributed by atoms with van der Waals surface area (Å²) in [4.78, 5) is 32.7. The highest BCUT2D eigenvalue weighted by Gasteiger charge is 2.37. The van der Waals surface area contributed by atoms with E-state index in [2.05, 4.69) is 4.90 Å². The van der Waals surface area contributed by atoms with Gasteiger partial charge in [-0.15, -0.1) is 0 Å². The topological polar surface area (TPSA) is 48.8 Å². The number of piperidine rings is 2. The Balaban J connectivity index is 1.32. The summed E-state index contributed by atoms with van der Waals surface area (Å²) in [6.45, 7) is 3.19. The Morgan fingerprint density at radius 3 is 2.12 bits per heavy atom. The molecule has 0 spiro atoms. The van der Waals surface area contributed by atoms with Gasteiger partial charge in [0.05, 0.1) is 11.1 Å². The number of amides is 2. The molecule has 0 radical (unpaired) electrons. The summed E-state index contributed by atoms with van der Waals surface area (Å²) in [6, 6.07) is 11.6. The number of aromatic nitrogens is 1. The summed E-state index contributed by atoms with van der Waals surface area (Å²) in [5.74, 6) is -3.53. The Hall–Kier alpha value is -3.47. The lowest BCUT2D eigenvalue weighted by Crippen LogP contribution is -2.45. The third-order valence-corrected chi connectivity index (χ3v) is 8.89. The summed E-state index contributed by atoms with van der Waals surface area (Å²) in [7, 11) is 0. The van der Waals surface area contributed by atoms with Crippen LogP contribution in [0.25, 0.3) is 16.6 Å². The predicted octanol–water partition coefficient (Wildman–Crippen LogP) is 6.22. The SMILES string of the molecule is O=C(c1ccc2c(c1)cc(C(=O)N1CCC(F)(F)CC1)n2-c1cccc(C(F)(F)F)c1)N1CCC(N2CCCC2)CC1. The van der Waals surface area contributed by atoms with Crippen LogP contribution in [0.5, 0.6) is 0 Å². The second-order valence-corrected chi connectivity index (χ2v) is 11.6. The Bertz CT molecular complexity index is 1480. The maximum absolute atomic E-state index is 13.8. The molecule has 6 rings (SSSR count). The molecule has 0 bridgehead atoms. The van der Waals surface area contributed by atoms with Gasteiger partial charge < -0.3 is 19.3 Å². The summed E-state index contributed by atoms with van der Waals surface area (Å²) < 4.78 is 69.7. The van der Waals surface area contributed by atoms with Gasteiger partial charge in [0.1, 0.15) is 5.69 Å². The number of likely N-dealkylation sites (tertiary alicyclic amines) is 3. The molecule has 3 aliphatic rings. The van der Waals surface area contributed by atoms with E-state index < -0.39 is 36.4 Å². The van der Waals surface area contributed by atoms with Crippen LogP contribution in [0.1, 0.15) is 64.9 Å². The van der Waals surface area contributed by atoms with Crippen molar-refractivity contribution in [3.05, 3.63) is 65.4 Å². The summed E-state index contributed by atoms with van der Waals surface area (Å²) in [6.07, 6.45) is -1.29. The molecule has 2 aromatic carbocycles. The largest absolute Gasteiger partial charge is 0.416 e. The van der Waals surface area contributed by atoms with Crippen molar-refractivity contribution in [1.82, 2.24) is 19.3 Å². The zero-order chi connectivity index (χ0) is 29.6. The van der Waals surface area contributed by atoms with E-state index in [0.29, 0.717) is 35.6 Å². The van der Waals surface area contributed by atoms with Gasteiger partial charge in [0, 0.05) is 61.7 Å². The number of alkyl halides is 5. The molecule has 3 aromatic rings. The first-order chi connectivity index (χ1) is 20.0. The average Bonchev–Trinajstić information content (AvgIpc) is 3.64. The highest BCUT2D eigenvalue weighted by molar-refractivity contribution is 6.03. The van der Waals surface area contributed by atoms with Crippen molar-refractivity contribution in [1.29, 1.82) is 0 Å². The quantitative estimate of drug-likeness (QED) is 0.340. The van der Waals surface area contributed by atoms with Crippen molar-refractivity contribution in [2.75, 3.05) is 39.3 Å². The van der Waals surface area contributed by atoms with Gasteiger partial charge in [0.2, 0.25) is 0 Å². The van der Waals surface area contributed by atoms with E-state index in [0.717, 1.165) is 38.1 Å². The van der Waals surface area contributed by atoms with Crippen molar-refractivity contribution in [2.45, 2.75) is 56.7 Å². The third-order valence-electron chi connectivity index (χ3n) is 8.89. The molecule has 6 nitrogen and oxygen atoms in total. The number of benzene rings is 2. The summed E-state index contributed by atoms with van der Waals surface area (Å²) in [5, 5.41) is 0.510. The van der Waals surface area contributed by atoms with E-state index >= 15 is 0 Å². The number of hydrogen-bond acceptors (Lipinski definition) is 3. The first-order valence-corrected chi connectivity index (χ1v) is 14.5. The molecular formula is C31H33F5N4O2. The van der Waals surface area contributed by atoms with Crippen molar-refractivity contribution in [2.24, 2.45) is 0 Å². The number of hydrogen-bond donors (Lipinski definition) is 0. The monoisotopic (exact) mass is 588 g/mol. The maximum atomic E-state index is 13.8. The zero-order valence-electron chi connectivity index (χ0n) is 23.2. The molecular weight excluding hydrogens is 555 g/mol. The van der Waals surface area contributed by atoms with Crippen LogP contribution in [0.3, 0.4) is 0 Å². The Labute approximate surface area is 240 Å². The van der Waals surface area contributed by atoms with Gasteiger partial charge in [0.15, 0.2) is 0 Å². The van der Waals surface area contributed by atoms with Crippen LogP contribution < -0.4 is 0 Å². The standard InChI is InChI=1S/C31H33F5N4O2/c32-30(33)10-16-39(17-11-30)29(42)27-19-22-18-21(28(41)38-14-8-24(9-15-38)37-12-1-2-13-37)6-7-26(22)40(27)25-5-3-4-23(20-25)31(34,35)36/h3-7,18-20,24H,1-2,8-17H2. The molecule has 11 heteroatoms. The second kappa shape index (κ2) is 11.0. The minimum Gasteiger partial charge on any atom is -0.339 e. The van der Waals surface area contributed by atoms with E-state index in [9.17, 15) is 31.5 Å². The lowest BCUT2D eigenvalue weighted by Gasteiger charge is -2.36. The third kappa shape index (κ3) is 5.63. The van der Waals surface area contributed by atoms with E-state index in [4.69, 9.17) is 0 Å². The molecule has 3 saturated heterocycles. The molecule has 0 unspecified atom stereocenters. The molecule has 2 amide bonds. The highest BCUT2D eigenvalue weighted by Crippen LogP contribution is 2.34. The highest BCUT2D eigenvalue weighted by atomic mass is 19.4. The lowest BCUT2D eigenvalue weighted by atomic mass is 10.0. The Kier molecular flexibility index (Phi) is 7.49. The smallest absolute Gasteiger partial charge is 0.339 e. The van der Waals surface area contributed by atoms with Crippen LogP contribution in [0, 0.1) is 0 Å². The fourth-order valence-corrected chi connectivity index (χ4v) is 6.53. The molecule has 0 N–H and O–H groups in total. The summed E-state index contributed by atoms with van der Waals surface area (Å²) in [5.41, 5.74) is 0.186. The summed E-state index contributed by atoms with van der Waals surface area (Å²) >= 11 is 0. The molecule has 0 aliphatic carbocycles. The number of carbonyl (C=O) groups is 2. The minimum absolute atomic E-state index is 0.0607. The number of fused-ring (bicyclic) bond motifs is 1. The number of nitrogens with zero attached hydrogens (tertiary/aromatic N) is 4. The molecule has 3 fully saturated rings. The van der Waals surface area contributed by atoms with Gasteiger partial charge >= 0.3 is 6.18 Å². The van der Waals surface area contributed by atoms with Crippen LogP contribution in [0.2, 0.25) is 0 Å². The van der Waals surface area contributed by atoms with Crippen LogP contribution in [0.4, 0.5) is 22.0 Å². The maximum Gasteiger partial charge on any atom is 0.416 e. The van der Waals surface area contributed by atoms with Crippen molar-refractivity contribution in [3.63, 3.8) is 0 Å². The fourth-order valence-electron chi connectivity index (χ4n) is 6.53. The van der Waals surface area contributed by atoms with Crippen LogP contribution in [-0.4, -0.2) is 82.3 Å². The van der Waals surface area contributed by atoms with E-state index in [-0.39, 0.29) is 30.4 Å². The van der Waals surface area contributed by atoms with Crippen LogP contribution >= 0.6 is 0 Å². The van der Waals surface area contributed by atoms with E-state index in [1.165, 1.54) is 34.4 Å². The van der Waals surface area contributed by atoms with Crippen LogP contribution in [-0.2, 0) is 6.18 Å². The molecule has 42 heavy (non-hydrogen) atoms.